The zero-order valence-electron chi connectivity index (χ0n) is 13.9. The van der Waals surface area contributed by atoms with E-state index in [0.717, 1.165) is 11.1 Å². The first kappa shape index (κ1) is 19.1. The van der Waals surface area contributed by atoms with E-state index in [1.54, 1.807) is 24.3 Å². The van der Waals surface area contributed by atoms with E-state index >= 15 is 0 Å². The number of carboxylic acids is 2. The van der Waals surface area contributed by atoms with Crippen LogP contribution >= 0.6 is 0 Å². The molecule has 0 heterocycles. The number of hydrogen-bond acceptors (Lipinski definition) is 5. The summed E-state index contributed by atoms with van der Waals surface area (Å²) in [5, 5.41) is 20.4. The number of carbonyl (C=O) groups excluding carboxylic acids is 1. The molecule has 1 unspecified atom stereocenters. The normalized spacial score (nSPS) is 11.5. The Bertz CT molecular complexity index is 757. The smallest absolute Gasteiger partial charge is 0.338 e. The second kappa shape index (κ2) is 9.33. The molecule has 0 saturated heterocycles. The van der Waals surface area contributed by atoms with Crippen molar-refractivity contribution in [2.24, 2.45) is 0 Å². The number of carbonyl (C=O) groups is 3. The summed E-state index contributed by atoms with van der Waals surface area (Å²) in [6.07, 6.45) is -0.515. The van der Waals surface area contributed by atoms with Crippen LogP contribution in [0.25, 0.3) is 0 Å². The average molecular weight is 357 g/mol. The SMILES string of the molecule is O=C(O)CC(NCc1ccc(C(=O)OCc2ccccc2)cc1)C(=O)O. The van der Waals surface area contributed by atoms with Crippen molar-refractivity contribution in [1.29, 1.82) is 0 Å². The van der Waals surface area contributed by atoms with Crippen molar-refractivity contribution in [1.82, 2.24) is 5.32 Å². The molecule has 0 saturated carbocycles. The predicted molar refractivity (Wildman–Crippen MR) is 92.5 cm³/mol. The summed E-state index contributed by atoms with van der Waals surface area (Å²) in [6.45, 7) is 0.349. The zero-order chi connectivity index (χ0) is 18.9. The van der Waals surface area contributed by atoms with Gasteiger partial charge in [-0.3, -0.25) is 14.9 Å². The van der Waals surface area contributed by atoms with Crippen LogP contribution < -0.4 is 5.32 Å². The molecule has 0 radical (unpaired) electrons. The second-order valence-corrected chi connectivity index (χ2v) is 5.63. The minimum atomic E-state index is -1.23. The maximum absolute atomic E-state index is 12.0. The van der Waals surface area contributed by atoms with E-state index in [1.165, 1.54) is 0 Å². The number of carboxylic acid groups (broad SMARTS) is 2. The van der Waals surface area contributed by atoms with Crippen LogP contribution in [-0.4, -0.2) is 34.2 Å². The van der Waals surface area contributed by atoms with Crippen LogP contribution in [0.1, 0.15) is 27.9 Å². The number of benzene rings is 2. The molecule has 0 aliphatic heterocycles. The van der Waals surface area contributed by atoms with Gasteiger partial charge in [0.05, 0.1) is 12.0 Å². The van der Waals surface area contributed by atoms with E-state index in [0.29, 0.717) is 5.56 Å². The van der Waals surface area contributed by atoms with Gasteiger partial charge in [-0.2, -0.15) is 0 Å². The van der Waals surface area contributed by atoms with Crippen molar-refractivity contribution in [2.75, 3.05) is 0 Å². The first-order valence-corrected chi connectivity index (χ1v) is 7.93. The molecule has 26 heavy (non-hydrogen) atoms. The molecule has 1 atom stereocenters. The summed E-state index contributed by atoms with van der Waals surface area (Å²) in [6, 6.07) is 14.6. The Morgan fingerprint density at radius 2 is 1.58 bits per heavy atom. The van der Waals surface area contributed by atoms with E-state index < -0.39 is 30.4 Å². The van der Waals surface area contributed by atoms with Gasteiger partial charge in [0.15, 0.2) is 0 Å². The Labute approximate surface area is 150 Å². The molecule has 2 aromatic rings. The Morgan fingerprint density at radius 1 is 0.923 bits per heavy atom. The molecular weight excluding hydrogens is 338 g/mol. The highest BCUT2D eigenvalue weighted by atomic mass is 16.5. The summed E-state index contributed by atoms with van der Waals surface area (Å²) >= 11 is 0. The number of aliphatic carboxylic acids is 2. The van der Waals surface area contributed by atoms with Crippen LogP contribution in [0.4, 0.5) is 0 Å². The highest BCUT2D eigenvalue weighted by Gasteiger charge is 2.20. The number of hydrogen-bond donors (Lipinski definition) is 3. The van der Waals surface area contributed by atoms with Crippen LogP contribution in [0.3, 0.4) is 0 Å². The molecule has 0 fully saturated rings. The lowest BCUT2D eigenvalue weighted by Gasteiger charge is -2.12. The van der Waals surface area contributed by atoms with Crippen LogP contribution in [0, 0.1) is 0 Å². The van der Waals surface area contributed by atoms with Gasteiger partial charge in [-0.15, -0.1) is 0 Å². The topological polar surface area (TPSA) is 113 Å². The van der Waals surface area contributed by atoms with Crippen molar-refractivity contribution >= 4 is 17.9 Å². The first-order chi connectivity index (χ1) is 12.5. The minimum Gasteiger partial charge on any atom is -0.481 e. The van der Waals surface area contributed by atoms with Crippen molar-refractivity contribution in [3.8, 4) is 0 Å². The standard InChI is InChI=1S/C19H19NO6/c21-17(22)10-16(18(23)24)20-11-13-6-8-15(9-7-13)19(25)26-12-14-4-2-1-3-5-14/h1-9,16,20H,10-12H2,(H,21,22)(H,23,24). The molecule has 7 heteroatoms. The van der Waals surface area contributed by atoms with Gasteiger partial charge in [0, 0.05) is 6.54 Å². The Kier molecular flexibility index (Phi) is 6.87. The van der Waals surface area contributed by atoms with Crippen LogP contribution in [0.15, 0.2) is 54.6 Å². The molecule has 2 aromatic carbocycles. The molecule has 3 N–H and O–H groups in total. The third kappa shape index (κ3) is 6.03. The van der Waals surface area contributed by atoms with Crippen molar-refractivity contribution < 1.29 is 29.3 Å². The first-order valence-electron chi connectivity index (χ1n) is 7.93. The lowest BCUT2D eigenvalue weighted by atomic mass is 10.1. The number of nitrogens with one attached hydrogen (secondary N) is 1. The van der Waals surface area contributed by atoms with Gasteiger partial charge in [-0.1, -0.05) is 42.5 Å². The third-order valence-corrected chi connectivity index (χ3v) is 3.63. The predicted octanol–water partition coefficient (Wildman–Crippen LogP) is 2.06. The number of ether oxygens (including phenoxy) is 1. The van der Waals surface area contributed by atoms with Crippen molar-refractivity contribution in [3.63, 3.8) is 0 Å². The van der Waals surface area contributed by atoms with Gasteiger partial charge in [-0.05, 0) is 23.3 Å². The highest BCUT2D eigenvalue weighted by Crippen LogP contribution is 2.09. The summed E-state index contributed by atoms with van der Waals surface area (Å²) < 4.78 is 5.23. The van der Waals surface area contributed by atoms with E-state index in [2.05, 4.69) is 5.32 Å². The lowest BCUT2D eigenvalue weighted by Crippen LogP contribution is -2.38. The Hall–Kier alpha value is -3.19. The molecule has 0 bridgehead atoms. The van der Waals surface area contributed by atoms with Gasteiger partial charge in [-0.25, -0.2) is 4.79 Å². The lowest BCUT2D eigenvalue weighted by molar-refractivity contribution is -0.146. The van der Waals surface area contributed by atoms with Crippen molar-refractivity contribution in [2.45, 2.75) is 25.6 Å². The molecule has 7 nitrogen and oxygen atoms in total. The molecule has 0 spiro atoms. The monoisotopic (exact) mass is 357 g/mol. The average Bonchev–Trinajstić information content (AvgIpc) is 2.64. The minimum absolute atomic E-state index is 0.170. The van der Waals surface area contributed by atoms with E-state index in [-0.39, 0.29) is 13.2 Å². The van der Waals surface area contributed by atoms with Crippen LogP contribution in [-0.2, 0) is 27.5 Å². The second-order valence-electron chi connectivity index (χ2n) is 5.63. The van der Waals surface area contributed by atoms with Gasteiger partial charge in [0.1, 0.15) is 12.6 Å². The van der Waals surface area contributed by atoms with Gasteiger partial charge in [0.25, 0.3) is 0 Å². The maximum Gasteiger partial charge on any atom is 0.338 e. The fraction of sp³-hybridized carbons (Fsp3) is 0.211. The van der Waals surface area contributed by atoms with Crippen LogP contribution in [0.5, 0.6) is 0 Å². The van der Waals surface area contributed by atoms with Crippen LogP contribution in [0.2, 0.25) is 0 Å². The summed E-state index contributed by atoms with van der Waals surface area (Å²) in [5.41, 5.74) is 1.99. The highest BCUT2D eigenvalue weighted by molar-refractivity contribution is 5.89. The molecule has 0 amide bonds. The summed E-state index contributed by atoms with van der Waals surface area (Å²) in [5.74, 6) is -2.88. The molecule has 0 aliphatic carbocycles. The Morgan fingerprint density at radius 3 is 2.15 bits per heavy atom. The van der Waals surface area contributed by atoms with Gasteiger partial charge < -0.3 is 14.9 Å². The molecule has 2 rings (SSSR count). The number of esters is 1. The Balaban J connectivity index is 1.87. The third-order valence-electron chi connectivity index (χ3n) is 3.63. The molecule has 0 aliphatic rings. The molecule has 136 valence electrons. The quantitative estimate of drug-likeness (QED) is 0.589. The largest absolute Gasteiger partial charge is 0.481 e. The van der Waals surface area contributed by atoms with E-state index in [9.17, 15) is 14.4 Å². The van der Waals surface area contributed by atoms with Gasteiger partial charge in [0.2, 0.25) is 0 Å². The van der Waals surface area contributed by atoms with E-state index in [1.807, 2.05) is 30.3 Å². The fourth-order valence-corrected chi connectivity index (χ4v) is 2.23. The maximum atomic E-state index is 12.0. The molecular formula is C19H19NO6. The fourth-order valence-electron chi connectivity index (χ4n) is 2.23. The summed E-state index contributed by atoms with van der Waals surface area (Å²) in [4.78, 5) is 33.7. The summed E-state index contributed by atoms with van der Waals surface area (Å²) in [7, 11) is 0. The van der Waals surface area contributed by atoms with E-state index in [4.69, 9.17) is 14.9 Å². The van der Waals surface area contributed by atoms with Gasteiger partial charge >= 0.3 is 17.9 Å². The number of rotatable bonds is 9. The van der Waals surface area contributed by atoms with Crippen molar-refractivity contribution in [3.05, 3.63) is 71.3 Å². The molecule has 0 aromatic heterocycles. The zero-order valence-corrected chi connectivity index (χ0v) is 13.9.